The second-order valence-electron chi connectivity index (χ2n) is 5.90. The normalized spacial score (nSPS) is 17.3. The van der Waals surface area contributed by atoms with Crippen molar-refractivity contribution >= 4 is 28.3 Å². The van der Waals surface area contributed by atoms with Gasteiger partial charge in [0.1, 0.15) is 5.82 Å². The van der Waals surface area contributed by atoms with Crippen molar-refractivity contribution in [3.8, 4) is 0 Å². The average molecular weight is 347 g/mol. The van der Waals surface area contributed by atoms with E-state index >= 15 is 0 Å². The maximum atomic E-state index is 12.9. The Labute approximate surface area is 143 Å². The number of anilines is 1. The molecule has 2 aromatic rings. The van der Waals surface area contributed by atoms with E-state index in [1.165, 1.54) is 23.5 Å². The van der Waals surface area contributed by atoms with Crippen molar-refractivity contribution in [2.45, 2.75) is 19.8 Å². The Morgan fingerprint density at radius 3 is 2.83 bits per heavy atom. The second-order valence-corrected chi connectivity index (χ2v) is 6.76. The van der Waals surface area contributed by atoms with Crippen molar-refractivity contribution in [1.82, 2.24) is 9.88 Å². The molecule has 1 aliphatic rings. The van der Waals surface area contributed by atoms with Gasteiger partial charge >= 0.3 is 0 Å². The molecule has 2 amide bonds. The van der Waals surface area contributed by atoms with Crippen LogP contribution in [0, 0.1) is 18.7 Å². The molecule has 1 aromatic carbocycles. The predicted molar refractivity (Wildman–Crippen MR) is 90.3 cm³/mol. The summed E-state index contributed by atoms with van der Waals surface area (Å²) in [5, 5.41) is 5.20. The van der Waals surface area contributed by atoms with Crippen LogP contribution in [-0.2, 0) is 16.0 Å². The van der Waals surface area contributed by atoms with Crippen molar-refractivity contribution in [2.24, 2.45) is 5.92 Å². The van der Waals surface area contributed by atoms with Crippen LogP contribution in [0.4, 0.5) is 9.52 Å². The molecule has 1 atom stereocenters. The van der Waals surface area contributed by atoms with Gasteiger partial charge in [-0.05, 0) is 31.0 Å². The standard InChI is InChI=1S/C17H18FN3O2S/c1-11-10-24-17(19-11)20-16(23)13-8-15(22)21(9-13)7-6-12-2-4-14(18)5-3-12/h2-5,10,13H,6-9H2,1H3,(H,19,20,23)/t13-/m1/s1. The van der Waals surface area contributed by atoms with Gasteiger partial charge in [0.25, 0.3) is 0 Å². The van der Waals surface area contributed by atoms with Gasteiger partial charge in [-0.15, -0.1) is 11.3 Å². The van der Waals surface area contributed by atoms with Gasteiger partial charge in [0.05, 0.1) is 11.6 Å². The van der Waals surface area contributed by atoms with Crippen molar-refractivity contribution in [2.75, 3.05) is 18.4 Å². The van der Waals surface area contributed by atoms with Gasteiger partial charge in [0, 0.05) is 24.9 Å². The third-order valence-electron chi connectivity index (χ3n) is 4.02. The minimum absolute atomic E-state index is 0.0208. The molecule has 1 N–H and O–H groups in total. The van der Waals surface area contributed by atoms with Gasteiger partial charge in [-0.2, -0.15) is 0 Å². The van der Waals surface area contributed by atoms with Crippen LogP contribution in [-0.4, -0.2) is 34.8 Å². The third kappa shape index (κ3) is 3.97. The quantitative estimate of drug-likeness (QED) is 0.904. The first kappa shape index (κ1) is 16.6. The number of nitrogens with one attached hydrogen (secondary N) is 1. The first-order chi connectivity index (χ1) is 11.5. The fourth-order valence-electron chi connectivity index (χ4n) is 2.70. The lowest BCUT2D eigenvalue weighted by atomic mass is 10.1. The summed E-state index contributed by atoms with van der Waals surface area (Å²) in [5.74, 6) is -0.811. The van der Waals surface area contributed by atoms with Gasteiger partial charge in [0.2, 0.25) is 11.8 Å². The van der Waals surface area contributed by atoms with E-state index in [4.69, 9.17) is 0 Å². The Balaban J connectivity index is 1.53. The van der Waals surface area contributed by atoms with E-state index in [1.54, 1.807) is 17.0 Å². The average Bonchev–Trinajstić information content (AvgIpc) is 3.13. The summed E-state index contributed by atoms with van der Waals surface area (Å²) in [6.07, 6.45) is 0.867. The monoisotopic (exact) mass is 347 g/mol. The first-order valence-electron chi connectivity index (χ1n) is 7.76. The Hall–Kier alpha value is -2.28. The van der Waals surface area contributed by atoms with Crippen LogP contribution in [0.3, 0.4) is 0 Å². The summed E-state index contributed by atoms with van der Waals surface area (Å²) in [4.78, 5) is 30.3. The molecule has 126 valence electrons. The molecule has 1 aliphatic heterocycles. The number of amides is 2. The topological polar surface area (TPSA) is 62.3 Å². The number of carbonyl (C=O) groups is 2. The Bertz CT molecular complexity index is 745. The molecule has 1 fully saturated rings. The lowest BCUT2D eigenvalue weighted by Crippen LogP contribution is -2.30. The number of halogens is 1. The predicted octanol–water partition coefficient (Wildman–Crippen LogP) is 2.62. The zero-order chi connectivity index (χ0) is 17.1. The largest absolute Gasteiger partial charge is 0.342 e. The zero-order valence-corrected chi connectivity index (χ0v) is 14.1. The van der Waals surface area contributed by atoms with Gasteiger partial charge in [-0.1, -0.05) is 12.1 Å². The molecule has 0 bridgehead atoms. The van der Waals surface area contributed by atoms with Crippen LogP contribution in [0.25, 0.3) is 0 Å². The summed E-state index contributed by atoms with van der Waals surface area (Å²) in [6, 6.07) is 6.25. The van der Waals surface area contributed by atoms with E-state index in [9.17, 15) is 14.0 Å². The highest BCUT2D eigenvalue weighted by Gasteiger charge is 2.34. The molecule has 1 aromatic heterocycles. The highest BCUT2D eigenvalue weighted by Crippen LogP contribution is 2.22. The van der Waals surface area contributed by atoms with E-state index < -0.39 is 0 Å². The fourth-order valence-corrected chi connectivity index (χ4v) is 3.39. The smallest absolute Gasteiger partial charge is 0.231 e. The lowest BCUT2D eigenvalue weighted by molar-refractivity contribution is -0.128. The number of likely N-dealkylation sites (tertiary alicyclic amines) is 1. The number of nitrogens with zero attached hydrogens (tertiary/aromatic N) is 2. The molecule has 0 aliphatic carbocycles. The summed E-state index contributed by atoms with van der Waals surface area (Å²) < 4.78 is 12.9. The summed E-state index contributed by atoms with van der Waals surface area (Å²) in [5.41, 5.74) is 1.83. The first-order valence-corrected chi connectivity index (χ1v) is 8.64. The third-order valence-corrected chi connectivity index (χ3v) is 4.89. The second kappa shape index (κ2) is 7.09. The summed E-state index contributed by atoms with van der Waals surface area (Å²) in [6.45, 7) is 2.81. The van der Waals surface area contributed by atoms with Gasteiger partial charge in [-0.25, -0.2) is 9.37 Å². The Morgan fingerprint density at radius 1 is 1.42 bits per heavy atom. The molecule has 24 heavy (non-hydrogen) atoms. The number of thiazole rings is 1. The van der Waals surface area contributed by atoms with E-state index in [0.717, 1.165) is 11.3 Å². The summed E-state index contributed by atoms with van der Waals surface area (Å²) in [7, 11) is 0. The lowest BCUT2D eigenvalue weighted by Gasteiger charge is -2.16. The summed E-state index contributed by atoms with van der Waals surface area (Å²) >= 11 is 1.37. The zero-order valence-electron chi connectivity index (χ0n) is 13.3. The molecule has 0 spiro atoms. The van der Waals surface area contributed by atoms with Crippen LogP contribution in [0.5, 0.6) is 0 Å². The number of carbonyl (C=O) groups excluding carboxylic acids is 2. The highest BCUT2D eigenvalue weighted by molar-refractivity contribution is 7.13. The number of aromatic nitrogens is 1. The molecule has 1 saturated heterocycles. The molecule has 0 unspecified atom stereocenters. The van der Waals surface area contributed by atoms with Crippen LogP contribution in [0.1, 0.15) is 17.7 Å². The van der Waals surface area contributed by atoms with E-state index in [0.29, 0.717) is 24.6 Å². The number of benzene rings is 1. The van der Waals surface area contributed by atoms with Gasteiger partial charge in [-0.3, -0.25) is 9.59 Å². The van der Waals surface area contributed by atoms with Crippen molar-refractivity contribution in [1.29, 1.82) is 0 Å². The maximum Gasteiger partial charge on any atom is 0.231 e. The van der Waals surface area contributed by atoms with E-state index in [-0.39, 0.29) is 30.0 Å². The highest BCUT2D eigenvalue weighted by atomic mass is 32.1. The van der Waals surface area contributed by atoms with Crippen molar-refractivity contribution < 1.29 is 14.0 Å². The van der Waals surface area contributed by atoms with E-state index in [1.807, 2.05) is 12.3 Å². The van der Waals surface area contributed by atoms with E-state index in [2.05, 4.69) is 10.3 Å². The van der Waals surface area contributed by atoms with Crippen LogP contribution in [0.2, 0.25) is 0 Å². The van der Waals surface area contributed by atoms with Gasteiger partial charge < -0.3 is 10.2 Å². The molecule has 7 heteroatoms. The molecule has 0 saturated carbocycles. The van der Waals surface area contributed by atoms with Crippen LogP contribution >= 0.6 is 11.3 Å². The number of hydrogen-bond acceptors (Lipinski definition) is 4. The molecular formula is C17H18FN3O2S. The SMILES string of the molecule is Cc1csc(NC(=O)[C@@H]2CC(=O)N(CCc3ccc(F)cc3)C2)n1. The molecule has 2 heterocycles. The molecular weight excluding hydrogens is 329 g/mol. The number of rotatable bonds is 5. The Morgan fingerprint density at radius 2 is 2.17 bits per heavy atom. The molecule has 5 nitrogen and oxygen atoms in total. The van der Waals surface area contributed by atoms with Crippen LogP contribution in [0.15, 0.2) is 29.6 Å². The Kier molecular flexibility index (Phi) is 4.89. The number of aryl methyl sites for hydroxylation is 1. The fraction of sp³-hybridized carbons (Fsp3) is 0.353. The number of hydrogen-bond donors (Lipinski definition) is 1. The minimum Gasteiger partial charge on any atom is -0.342 e. The molecule has 0 radical (unpaired) electrons. The molecule has 3 rings (SSSR count). The maximum absolute atomic E-state index is 12.9. The van der Waals surface area contributed by atoms with Gasteiger partial charge in [0.15, 0.2) is 5.13 Å². The van der Waals surface area contributed by atoms with Crippen molar-refractivity contribution in [3.05, 3.63) is 46.7 Å². The minimum atomic E-state index is -0.352. The van der Waals surface area contributed by atoms with Crippen molar-refractivity contribution in [3.63, 3.8) is 0 Å². The van der Waals surface area contributed by atoms with Crippen LogP contribution < -0.4 is 5.32 Å².